The molecule has 108 valence electrons. The maximum absolute atomic E-state index is 11.9. The summed E-state index contributed by atoms with van der Waals surface area (Å²) in [4.78, 5) is 11.9. The minimum atomic E-state index is -0.0606. The molecule has 0 aromatic rings. The molecule has 4 bridgehead atoms. The largest absolute Gasteiger partial charge is 0.351 e. The van der Waals surface area contributed by atoms with E-state index in [0.29, 0.717) is 18.9 Å². The van der Waals surface area contributed by atoms with E-state index in [2.05, 4.69) is 19.2 Å². The summed E-state index contributed by atoms with van der Waals surface area (Å²) in [6.07, 6.45) is 7.58. The third kappa shape index (κ3) is 2.42. The van der Waals surface area contributed by atoms with Crippen molar-refractivity contribution in [2.75, 3.05) is 6.54 Å². The molecule has 0 unspecified atom stereocenters. The number of nitrogens with two attached hydrogens (primary N) is 1. The van der Waals surface area contributed by atoms with E-state index in [9.17, 15) is 4.79 Å². The van der Waals surface area contributed by atoms with Crippen LogP contribution in [-0.4, -0.2) is 18.0 Å². The maximum atomic E-state index is 11.9. The van der Waals surface area contributed by atoms with E-state index in [1.54, 1.807) is 0 Å². The Morgan fingerprint density at radius 2 is 1.63 bits per heavy atom. The van der Waals surface area contributed by atoms with Crippen molar-refractivity contribution in [3.05, 3.63) is 0 Å². The Kier molecular flexibility index (Phi) is 3.36. The van der Waals surface area contributed by atoms with Crippen molar-refractivity contribution in [3.63, 3.8) is 0 Å². The van der Waals surface area contributed by atoms with E-state index in [4.69, 9.17) is 5.73 Å². The van der Waals surface area contributed by atoms with Crippen LogP contribution in [0.1, 0.15) is 52.4 Å². The second-order valence-corrected chi connectivity index (χ2v) is 7.77. The summed E-state index contributed by atoms with van der Waals surface area (Å²) in [5.74, 6) is 4.50. The molecule has 3 heteroatoms. The molecule has 0 radical (unpaired) electrons. The molecule has 4 aliphatic rings. The van der Waals surface area contributed by atoms with Crippen molar-refractivity contribution in [1.29, 1.82) is 0 Å². The number of carbonyl (C=O) groups is 1. The molecule has 0 heterocycles. The zero-order chi connectivity index (χ0) is 13.6. The highest BCUT2D eigenvalue weighted by atomic mass is 16.1. The first-order valence-corrected chi connectivity index (χ1v) is 8.00. The summed E-state index contributed by atoms with van der Waals surface area (Å²) in [5, 5.41) is 3.27. The zero-order valence-corrected chi connectivity index (χ0v) is 12.3. The van der Waals surface area contributed by atoms with Crippen LogP contribution in [0.15, 0.2) is 0 Å². The van der Waals surface area contributed by atoms with Crippen LogP contribution in [-0.2, 0) is 4.79 Å². The molecule has 0 atom stereocenters. The Labute approximate surface area is 116 Å². The Hall–Kier alpha value is -0.570. The highest BCUT2D eigenvalue weighted by Crippen LogP contribution is 2.58. The lowest BCUT2D eigenvalue weighted by Crippen LogP contribution is -2.59. The van der Waals surface area contributed by atoms with E-state index in [1.165, 1.54) is 32.1 Å². The second-order valence-electron chi connectivity index (χ2n) is 7.77. The second kappa shape index (κ2) is 4.76. The first-order valence-electron chi connectivity index (χ1n) is 8.00. The van der Waals surface area contributed by atoms with Gasteiger partial charge >= 0.3 is 0 Å². The van der Waals surface area contributed by atoms with E-state index in [-0.39, 0.29) is 11.4 Å². The maximum Gasteiger partial charge on any atom is 0.221 e. The lowest BCUT2D eigenvalue weighted by atomic mass is 9.48. The van der Waals surface area contributed by atoms with E-state index < -0.39 is 0 Å². The molecule has 0 saturated heterocycles. The summed E-state index contributed by atoms with van der Waals surface area (Å²) in [6, 6.07) is 0. The smallest absolute Gasteiger partial charge is 0.221 e. The van der Waals surface area contributed by atoms with E-state index in [1.807, 2.05) is 0 Å². The molecular weight excluding hydrogens is 236 g/mol. The van der Waals surface area contributed by atoms with Gasteiger partial charge in [-0.05, 0) is 75.5 Å². The van der Waals surface area contributed by atoms with Gasteiger partial charge < -0.3 is 11.1 Å². The molecule has 0 aliphatic heterocycles. The van der Waals surface area contributed by atoms with Gasteiger partial charge in [0, 0.05) is 18.5 Å². The SMILES string of the molecule is CC(C)(NC(=O)CCN)C1C2CC3CC(C2)CC1C3. The highest BCUT2D eigenvalue weighted by Gasteiger charge is 2.53. The molecular formula is C16H28N2O. The van der Waals surface area contributed by atoms with E-state index in [0.717, 1.165) is 23.7 Å². The predicted octanol–water partition coefficient (Wildman–Crippen LogP) is 2.30. The van der Waals surface area contributed by atoms with Gasteiger partial charge in [0.05, 0.1) is 0 Å². The van der Waals surface area contributed by atoms with Gasteiger partial charge in [0.1, 0.15) is 0 Å². The number of hydrogen-bond donors (Lipinski definition) is 2. The predicted molar refractivity (Wildman–Crippen MR) is 76.4 cm³/mol. The molecule has 4 fully saturated rings. The van der Waals surface area contributed by atoms with Crippen LogP contribution < -0.4 is 11.1 Å². The van der Waals surface area contributed by atoms with Crippen molar-refractivity contribution >= 4 is 5.91 Å². The molecule has 4 aliphatic carbocycles. The lowest BCUT2D eigenvalue weighted by Gasteiger charge is -2.58. The Morgan fingerprint density at radius 3 is 2.11 bits per heavy atom. The molecule has 3 N–H and O–H groups in total. The highest BCUT2D eigenvalue weighted by molar-refractivity contribution is 5.76. The first kappa shape index (κ1) is 13.4. The van der Waals surface area contributed by atoms with Crippen molar-refractivity contribution < 1.29 is 4.79 Å². The summed E-state index contributed by atoms with van der Waals surface area (Å²) in [6.45, 7) is 4.91. The number of amides is 1. The van der Waals surface area contributed by atoms with Crippen LogP contribution in [0.25, 0.3) is 0 Å². The van der Waals surface area contributed by atoms with Crippen LogP contribution in [0.2, 0.25) is 0 Å². The quantitative estimate of drug-likeness (QED) is 0.818. The monoisotopic (exact) mass is 264 g/mol. The van der Waals surface area contributed by atoms with Crippen LogP contribution >= 0.6 is 0 Å². The molecule has 0 spiro atoms. The Bertz CT molecular complexity index is 336. The van der Waals surface area contributed by atoms with Gasteiger partial charge in [0.25, 0.3) is 0 Å². The fourth-order valence-electron chi connectivity index (χ4n) is 5.74. The summed E-state index contributed by atoms with van der Waals surface area (Å²) in [7, 11) is 0. The zero-order valence-electron chi connectivity index (χ0n) is 12.3. The lowest BCUT2D eigenvalue weighted by molar-refractivity contribution is -0.126. The van der Waals surface area contributed by atoms with Crippen LogP contribution in [0, 0.1) is 29.6 Å². The molecule has 1 amide bonds. The number of hydrogen-bond acceptors (Lipinski definition) is 2. The molecule has 4 rings (SSSR count). The first-order chi connectivity index (χ1) is 8.99. The fourth-order valence-corrected chi connectivity index (χ4v) is 5.74. The number of rotatable bonds is 4. The fraction of sp³-hybridized carbons (Fsp3) is 0.938. The third-order valence-electron chi connectivity index (χ3n) is 5.89. The molecule has 4 saturated carbocycles. The van der Waals surface area contributed by atoms with Crippen LogP contribution in [0.5, 0.6) is 0 Å². The van der Waals surface area contributed by atoms with Crippen LogP contribution in [0.3, 0.4) is 0 Å². The van der Waals surface area contributed by atoms with Gasteiger partial charge in [-0.25, -0.2) is 0 Å². The van der Waals surface area contributed by atoms with Crippen molar-refractivity contribution in [2.24, 2.45) is 35.3 Å². The van der Waals surface area contributed by atoms with Crippen molar-refractivity contribution in [1.82, 2.24) is 5.32 Å². The molecule has 0 aromatic carbocycles. The third-order valence-corrected chi connectivity index (χ3v) is 5.89. The normalized spacial score (nSPS) is 40.5. The number of carbonyl (C=O) groups excluding carboxylic acids is 1. The minimum absolute atomic E-state index is 0.0606. The van der Waals surface area contributed by atoms with E-state index >= 15 is 0 Å². The van der Waals surface area contributed by atoms with Crippen LogP contribution in [0.4, 0.5) is 0 Å². The average molecular weight is 264 g/mol. The van der Waals surface area contributed by atoms with Gasteiger partial charge in [0.2, 0.25) is 5.91 Å². The van der Waals surface area contributed by atoms with Gasteiger partial charge in [-0.15, -0.1) is 0 Å². The summed E-state index contributed by atoms with van der Waals surface area (Å²) in [5.41, 5.74) is 5.42. The average Bonchev–Trinajstić information content (AvgIpc) is 2.25. The molecule has 3 nitrogen and oxygen atoms in total. The Morgan fingerprint density at radius 1 is 1.11 bits per heavy atom. The number of nitrogens with one attached hydrogen (secondary N) is 1. The standard InChI is InChI=1S/C16H28N2O/c1-16(2,18-14(19)3-4-17)15-12-6-10-5-11(8-12)9-13(15)7-10/h10-13,15H,3-9,17H2,1-2H3,(H,18,19). The molecule has 0 aromatic heterocycles. The Balaban J connectivity index is 1.72. The molecule has 19 heavy (non-hydrogen) atoms. The summed E-state index contributed by atoms with van der Waals surface area (Å²) >= 11 is 0. The van der Waals surface area contributed by atoms with Crippen molar-refractivity contribution in [2.45, 2.75) is 57.9 Å². The topological polar surface area (TPSA) is 55.1 Å². The van der Waals surface area contributed by atoms with Gasteiger partial charge in [-0.3, -0.25) is 4.79 Å². The van der Waals surface area contributed by atoms with Gasteiger partial charge in [-0.2, -0.15) is 0 Å². The van der Waals surface area contributed by atoms with Gasteiger partial charge in [0.15, 0.2) is 0 Å². The van der Waals surface area contributed by atoms with Gasteiger partial charge in [-0.1, -0.05) is 0 Å². The van der Waals surface area contributed by atoms with Crippen molar-refractivity contribution in [3.8, 4) is 0 Å². The minimum Gasteiger partial charge on any atom is -0.351 e. The summed E-state index contributed by atoms with van der Waals surface area (Å²) < 4.78 is 0.